The van der Waals surface area contributed by atoms with Gasteiger partial charge < -0.3 is 25.2 Å². The molecule has 2 amide bonds. The molecule has 1 unspecified atom stereocenters. The molecule has 21 heavy (non-hydrogen) atoms. The van der Waals surface area contributed by atoms with Gasteiger partial charge in [-0.3, -0.25) is 4.79 Å². The summed E-state index contributed by atoms with van der Waals surface area (Å²) in [6.45, 7) is 0.0970. The second kappa shape index (κ2) is 8.48. The number of amides is 2. The fourth-order valence-electron chi connectivity index (χ4n) is 1.57. The summed E-state index contributed by atoms with van der Waals surface area (Å²) in [4.78, 5) is 22.3. The van der Waals surface area contributed by atoms with Crippen LogP contribution in [0.2, 0.25) is 0 Å². The Morgan fingerprint density at radius 3 is 2.62 bits per heavy atom. The number of carbonyl (C=O) groups is 2. The highest BCUT2D eigenvalue weighted by Gasteiger charge is 2.13. The number of methoxy groups -OCH3 is 2. The van der Waals surface area contributed by atoms with Crippen molar-refractivity contribution < 1.29 is 24.2 Å². The van der Waals surface area contributed by atoms with Crippen LogP contribution >= 0.6 is 15.9 Å². The molecule has 1 rings (SSSR count). The fraction of sp³-hybridized carbons (Fsp3) is 0.385. The van der Waals surface area contributed by atoms with Gasteiger partial charge in [-0.1, -0.05) is 15.9 Å². The normalized spacial score (nSPS) is 11.6. The Bertz CT molecular complexity index is 509. The minimum Gasteiger partial charge on any atom is -0.497 e. The quantitative estimate of drug-likeness (QED) is 0.691. The lowest BCUT2D eigenvalue weighted by Gasteiger charge is -2.14. The summed E-state index contributed by atoms with van der Waals surface area (Å²) in [6.07, 6.45) is -0.758. The number of benzene rings is 1. The van der Waals surface area contributed by atoms with Crippen LogP contribution in [0.1, 0.15) is 6.42 Å². The van der Waals surface area contributed by atoms with E-state index in [1.807, 2.05) is 0 Å². The van der Waals surface area contributed by atoms with Crippen molar-refractivity contribution >= 4 is 33.6 Å². The zero-order chi connectivity index (χ0) is 15.8. The smallest absolute Gasteiger partial charge is 0.319 e. The molecular formula is C13H17BrN2O5. The first-order valence-electron chi connectivity index (χ1n) is 6.08. The molecule has 0 aromatic heterocycles. The molecule has 0 fully saturated rings. The van der Waals surface area contributed by atoms with Gasteiger partial charge in [0.05, 0.1) is 19.6 Å². The molecular weight excluding hydrogens is 344 g/mol. The largest absolute Gasteiger partial charge is 0.497 e. The molecule has 7 nitrogen and oxygen atoms in total. The van der Waals surface area contributed by atoms with Gasteiger partial charge in [0.1, 0.15) is 5.75 Å². The Morgan fingerprint density at radius 2 is 2.05 bits per heavy atom. The predicted octanol–water partition coefficient (Wildman–Crippen LogP) is 2.07. The van der Waals surface area contributed by atoms with Crippen molar-refractivity contribution in [2.75, 3.05) is 26.1 Å². The van der Waals surface area contributed by atoms with Crippen molar-refractivity contribution in [1.29, 1.82) is 0 Å². The van der Waals surface area contributed by atoms with Gasteiger partial charge in [0.2, 0.25) is 0 Å². The molecule has 0 saturated heterocycles. The summed E-state index contributed by atoms with van der Waals surface area (Å²) in [5, 5.41) is 13.9. The van der Waals surface area contributed by atoms with Crippen LogP contribution in [0.15, 0.2) is 22.7 Å². The van der Waals surface area contributed by atoms with Gasteiger partial charge in [-0.05, 0) is 12.1 Å². The number of carboxylic acid groups (broad SMARTS) is 1. The molecule has 0 aliphatic heterocycles. The minimum atomic E-state index is -0.985. The van der Waals surface area contributed by atoms with E-state index >= 15 is 0 Å². The second-order valence-electron chi connectivity index (χ2n) is 4.17. The molecule has 1 atom stereocenters. The van der Waals surface area contributed by atoms with Gasteiger partial charge in [0, 0.05) is 29.9 Å². The number of aliphatic carboxylic acids is 1. The Labute approximate surface area is 130 Å². The SMILES string of the molecule is COc1cc(Br)cc(NC(=O)NCC(CC(=O)O)OC)c1. The molecule has 116 valence electrons. The molecule has 0 spiro atoms. The molecule has 0 heterocycles. The highest BCUT2D eigenvalue weighted by molar-refractivity contribution is 9.10. The van der Waals surface area contributed by atoms with E-state index < -0.39 is 18.1 Å². The highest BCUT2D eigenvalue weighted by atomic mass is 79.9. The van der Waals surface area contributed by atoms with Crippen LogP contribution < -0.4 is 15.4 Å². The molecule has 0 radical (unpaired) electrons. The molecule has 0 aliphatic rings. The fourth-order valence-corrected chi connectivity index (χ4v) is 2.04. The standard InChI is InChI=1S/C13H17BrN2O5/c1-20-10-4-8(14)3-9(5-10)16-13(19)15-7-11(21-2)6-12(17)18/h3-5,11H,6-7H2,1-2H3,(H,17,18)(H2,15,16,19). The lowest BCUT2D eigenvalue weighted by molar-refractivity contribution is -0.139. The Balaban J connectivity index is 2.53. The van der Waals surface area contributed by atoms with Crippen LogP contribution in [0.3, 0.4) is 0 Å². The van der Waals surface area contributed by atoms with Gasteiger partial charge >= 0.3 is 12.0 Å². The van der Waals surface area contributed by atoms with E-state index in [1.165, 1.54) is 14.2 Å². The van der Waals surface area contributed by atoms with Gasteiger partial charge in [-0.15, -0.1) is 0 Å². The summed E-state index contributed by atoms with van der Waals surface area (Å²) >= 11 is 3.31. The van der Waals surface area contributed by atoms with Crippen molar-refractivity contribution in [2.45, 2.75) is 12.5 Å². The zero-order valence-corrected chi connectivity index (χ0v) is 13.3. The molecule has 0 aliphatic carbocycles. The minimum absolute atomic E-state index is 0.0970. The van der Waals surface area contributed by atoms with Crippen molar-refractivity contribution in [1.82, 2.24) is 5.32 Å². The molecule has 0 bridgehead atoms. The molecule has 3 N–H and O–H groups in total. The van der Waals surface area contributed by atoms with Gasteiger partial charge in [-0.25, -0.2) is 4.79 Å². The van der Waals surface area contributed by atoms with Gasteiger partial charge in [0.25, 0.3) is 0 Å². The Hall–Kier alpha value is -1.80. The third-order valence-corrected chi connectivity index (χ3v) is 3.05. The second-order valence-corrected chi connectivity index (χ2v) is 5.09. The molecule has 8 heteroatoms. The van der Waals surface area contributed by atoms with Crippen LogP contribution in [-0.2, 0) is 9.53 Å². The van der Waals surface area contributed by atoms with Crippen LogP contribution in [0.5, 0.6) is 5.75 Å². The van der Waals surface area contributed by atoms with E-state index in [0.717, 1.165) is 4.47 Å². The monoisotopic (exact) mass is 360 g/mol. The van der Waals surface area contributed by atoms with Crippen LogP contribution in [-0.4, -0.2) is 44.0 Å². The third-order valence-electron chi connectivity index (χ3n) is 2.59. The van der Waals surface area contributed by atoms with Crippen LogP contribution in [0.25, 0.3) is 0 Å². The Kier molecular flexibility index (Phi) is 6.97. The maximum Gasteiger partial charge on any atom is 0.319 e. The number of hydrogen-bond donors (Lipinski definition) is 3. The number of urea groups is 1. The number of nitrogens with one attached hydrogen (secondary N) is 2. The van der Waals surface area contributed by atoms with Crippen molar-refractivity contribution in [3.05, 3.63) is 22.7 Å². The first-order valence-corrected chi connectivity index (χ1v) is 6.88. The summed E-state index contributed by atoms with van der Waals surface area (Å²) in [7, 11) is 2.92. The third kappa shape index (κ3) is 6.46. The number of ether oxygens (including phenoxy) is 2. The van der Waals surface area contributed by atoms with E-state index in [1.54, 1.807) is 18.2 Å². The number of rotatable bonds is 7. The molecule has 0 saturated carbocycles. The first kappa shape index (κ1) is 17.3. The average molecular weight is 361 g/mol. The maximum absolute atomic E-state index is 11.7. The lowest BCUT2D eigenvalue weighted by atomic mass is 10.2. The number of carboxylic acids is 1. The van der Waals surface area contributed by atoms with E-state index in [2.05, 4.69) is 26.6 Å². The number of hydrogen-bond acceptors (Lipinski definition) is 4. The zero-order valence-electron chi connectivity index (χ0n) is 11.7. The topological polar surface area (TPSA) is 96.9 Å². The first-order chi connectivity index (χ1) is 9.94. The van der Waals surface area contributed by atoms with E-state index in [0.29, 0.717) is 11.4 Å². The van der Waals surface area contributed by atoms with Crippen molar-refractivity contribution in [3.63, 3.8) is 0 Å². The summed E-state index contributed by atoms with van der Waals surface area (Å²) in [5.74, 6) is -0.388. The maximum atomic E-state index is 11.7. The number of anilines is 1. The van der Waals surface area contributed by atoms with Crippen molar-refractivity contribution in [3.8, 4) is 5.75 Å². The van der Waals surface area contributed by atoms with E-state index in [4.69, 9.17) is 14.6 Å². The number of halogens is 1. The average Bonchev–Trinajstić information content (AvgIpc) is 2.42. The summed E-state index contributed by atoms with van der Waals surface area (Å²) in [5.41, 5.74) is 0.547. The van der Waals surface area contributed by atoms with Gasteiger partial charge in [0.15, 0.2) is 0 Å². The lowest BCUT2D eigenvalue weighted by Crippen LogP contribution is -2.37. The highest BCUT2D eigenvalue weighted by Crippen LogP contribution is 2.24. The van der Waals surface area contributed by atoms with Crippen LogP contribution in [0.4, 0.5) is 10.5 Å². The number of carbonyl (C=O) groups excluding carboxylic acids is 1. The molecule has 1 aromatic carbocycles. The Morgan fingerprint density at radius 1 is 1.33 bits per heavy atom. The van der Waals surface area contributed by atoms with E-state index in [9.17, 15) is 9.59 Å². The van der Waals surface area contributed by atoms with Gasteiger partial charge in [-0.2, -0.15) is 0 Å². The summed E-state index contributed by atoms with van der Waals surface area (Å²) < 4.78 is 10.8. The molecule has 1 aromatic rings. The van der Waals surface area contributed by atoms with Crippen LogP contribution in [0, 0.1) is 0 Å². The predicted molar refractivity (Wildman–Crippen MR) is 80.8 cm³/mol. The van der Waals surface area contributed by atoms with Crippen molar-refractivity contribution in [2.24, 2.45) is 0 Å². The van der Waals surface area contributed by atoms with E-state index in [-0.39, 0.29) is 13.0 Å². The summed E-state index contributed by atoms with van der Waals surface area (Å²) in [6, 6.07) is 4.68.